The summed E-state index contributed by atoms with van der Waals surface area (Å²) in [5.74, 6) is -3.50. The lowest BCUT2D eigenvalue weighted by atomic mass is 10.1. The second-order valence-electron chi connectivity index (χ2n) is 3.92. The third-order valence-electron chi connectivity index (χ3n) is 2.73. The number of imide groups is 2. The Bertz CT molecular complexity index is 496. The Morgan fingerprint density at radius 3 is 1.62 bits per heavy atom. The minimum Gasteiger partial charge on any atom is -0.468 e. The highest BCUT2D eigenvalue weighted by atomic mass is 16.5. The molecule has 1 saturated heterocycles. The molecule has 0 spiro atoms. The second-order valence-corrected chi connectivity index (χ2v) is 3.92. The molecule has 1 aliphatic rings. The predicted octanol–water partition coefficient (Wildman–Crippen LogP) is -0.930. The van der Waals surface area contributed by atoms with Crippen molar-refractivity contribution in [2.75, 3.05) is 27.3 Å². The molecule has 0 bridgehead atoms. The van der Waals surface area contributed by atoms with E-state index < -0.39 is 42.9 Å². The average molecular weight is 298 g/mol. The van der Waals surface area contributed by atoms with E-state index in [9.17, 15) is 24.0 Å². The Labute approximate surface area is 120 Å². The number of rotatable bonds is 4. The van der Waals surface area contributed by atoms with Crippen LogP contribution >= 0.6 is 0 Å². The van der Waals surface area contributed by atoms with Crippen LogP contribution in [0.1, 0.15) is 6.92 Å². The van der Waals surface area contributed by atoms with Crippen LogP contribution in [0.4, 0.5) is 4.79 Å². The van der Waals surface area contributed by atoms with Crippen LogP contribution in [0.3, 0.4) is 0 Å². The van der Waals surface area contributed by atoms with Crippen molar-refractivity contribution in [3.05, 3.63) is 11.6 Å². The lowest BCUT2D eigenvalue weighted by Crippen LogP contribution is -2.58. The van der Waals surface area contributed by atoms with E-state index in [4.69, 9.17) is 0 Å². The molecule has 0 aromatic rings. The summed E-state index contributed by atoms with van der Waals surface area (Å²) in [4.78, 5) is 59.6. The SMILES string of the molecule is CC=C1C(=O)N(CC(=O)OC)C(=O)N(CC(=O)OC)C1=O. The molecule has 1 aliphatic heterocycles. The van der Waals surface area contributed by atoms with Crippen molar-refractivity contribution >= 4 is 29.8 Å². The van der Waals surface area contributed by atoms with Gasteiger partial charge in [-0.05, 0) is 6.92 Å². The van der Waals surface area contributed by atoms with Crippen molar-refractivity contribution in [3.63, 3.8) is 0 Å². The molecule has 0 atom stereocenters. The summed E-state index contributed by atoms with van der Waals surface area (Å²) in [5.41, 5.74) is -0.317. The van der Waals surface area contributed by atoms with E-state index >= 15 is 0 Å². The zero-order chi connectivity index (χ0) is 16.2. The number of hydrogen-bond donors (Lipinski definition) is 0. The van der Waals surface area contributed by atoms with E-state index in [1.807, 2.05) is 0 Å². The summed E-state index contributed by atoms with van der Waals surface area (Å²) in [6.07, 6.45) is 1.20. The largest absolute Gasteiger partial charge is 0.468 e. The van der Waals surface area contributed by atoms with Crippen molar-refractivity contribution in [2.45, 2.75) is 6.92 Å². The maximum absolute atomic E-state index is 12.1. The van der Waals surface area contributed by atoms with Crippen LogP contribution in [-0.4, -0.2) is 66.9 Å². The summed E-state index contributed by atoms with van der Waals surface area (Å²) in [5, 5.41) is 0. The summed E-state index contributed by atoms with van der Waals surface area (Å²) in [6, 6.07) is -1.08. The van der Waals surface area contributed by atoms with E-state index in [0.29, 0.717) is 9.80 Å². The minimum atomic E-state index is -1.08. The number of amides is 4. The highest BCUT2D eigenvalue weighted by molar-refractivity contribution is 6.29. The summed E-state index contributed by atoms with van der Waals surface area (Å²) < 4.78 is 8.77. The molecule has 0 N–H and O–H groups in total. The number of urea groups is 1. The van der Waals surface area contributed by atoms with E-state index in [-0.39, 0.29) is 5.57 Å². The first-order chi connectivity index (χ1) is 9.87. The minimum absolute atomic E-state index is 0.317. The fraction of sp³-hybridized carbons (Fsp3) is 0.417. The van der Waals surface area contributed by atoms with E-state index in [1.165, 1.54) is 13.0 Å². The molecule has 1 heterocycles. The van der Waals surface area contributed by atoms with E-state index in [2.05, 4.69) is 9.47 Å². The molecule has 4 amide bonds. The van der Waals surface area contributed by atoms with Gasteiger partial charge in [0.15, 0.2) is 0 Å². The molecule has 0 aliphatic carbocycles. The highest BCUT2D eigenvalue weighted by Gasteiger charge is 2.43. The molecular weight excluding hydrogens is 284 g/mol. The molecule has 0 unspecified atom stereocenters. The fourth-order valence-corrected chi connectivity index (χ4v) is 1.61. The standard InChI is InChI=1S/C12H14N2O7/c1-4-7-10(17)13(5-8(15)20-2)12(19)14(11(7)18)6-9(16)21-3/h4H,5-6H2,1-3H3. The van der Waals surface area contributed by atoms with Gasteiger partial charge in [0.25, 0.3) is 11.8 Å². The number of methoxy groups -OCH3 is 2. The van der Waals surface area contributed by atoms with Gasteiger partial charge in [0, 0.05) is 0 Å². The van der Waals surface area contributed by atoms with Crippen LogP contribution in [-0.2, 0) is 28.7 Å². The number of carbonyl (C=O) groups excluding carboxylic acids is 5. The number of barbiturate groups is 1. The first-order valence-electron chi connectivity index (χ1n) is 5.85. The Kier molecular flexibility index (Phi) is 5.17. The number of hydrogen-bond acceptors (Lipinski definition) is 7. The number of ether oxygens (including phenoxy) is 2. The van der Waals surface area contributed by atoms with Crippen LogP contribution < -0.4 is 0 Å². The quantitative estimate of drug-likeness (QED) is 0.374. The Morgan fingerprint density at radius 1 is 0.952 bits per heavy atom. The molecular formula is C12H14N2O7. The van der Waals surface area contributed by atoms with Gasteiger partial charge in [-0.25, -0.2) is 14.6 Å². The van der Waals surface area contributed by atoms with Crippen molar-refractivity contribution in [3.8, 4) is 0 Å². The summed E-state index contributed by atoms with van der Waals surface area (Å²) >= 11 is 0. The Balaban J connectivity index is 3.12. The molecule has 0 aromatic carbocycles. The lowest BCUT2D eigenvalue weighted by molar-refractivity contribution is -0.149. The molecule has 1 rings (SSSR count). The molecule has 21 heavy (non-hydrogen) atoms. The number of allylic oxidation sites excluding steroid dienone is 1. The van der Waals surface area contributed by atoms with Gasteiger partial charge in [0.2, 0.25) is 0 Å². The first-order valence-corrected chi connectivity index (χ1v) is 5.85. The Morgan fingerprint density at radius 2 is 1.33 bits per heavy atom. The molecule has 114 valence electrons. The number of esters is 2. The summed E-state index contributed by atoms with van der Waals surface area (Å²) in [6.45, 7) is 0.112. The van der Waals surface area contributed by atoms with Crippen molar-refractivity contribution in [1.29, 1.82) is 0 Å². The fourth-order valence-electron chi connectivity index (χ4n) is 1.61. The molecule has 9 heteroatoms. The first kappa shape index (κ1) is 16.3. The van der Waals surface area contributed by atoms with Gasteiger partial charge in [0.05, 0.1) is 14.2 Å². The van der Waals surface area contributed by atoms with Gasteiger partial charge in [-0.3, -0.25) is 19.2 Å². The maximum atomic E-state index is 12.1. The maximum Gasteiger partial charge on any atom is 0.335 e. The van der Waals surface area contributed by atoms with Crippen LogP contribution in [0, 0.1) is 0 Å². The number of carbonyl (C=O) groups is 5. The van der Waals surface area contributed by atoms with Crippen molar-refractivity contribution in [1.82, 2.24) is 9.80 Å². The average Bonchev–Trinajstić information content (AvgIpc) is 2.47. The topological polar surface area (TPSA) is 110 Å². The van der Waals surface area contributed by atoms with Gasteiger partial charge in [-0.1, -0.05) is 6.08 Å². The Hall–Kier alpha value is -2.71. The molecule has 0 saturated carbocycles. The van der Waals surface area contributed by atoms with E-state index in [0.717, 1.165) is 14.2 Å². The third kappa shape index (κ3) is 3.25. The van der Waals surface area contributed by atoms with Crippen molar-refractivity contribution in [2.24, 2.45) is 0 Å². The van der Waals surface area contributed by atoms with Crippen LogP contribution in [0.2, 0.25) is 0 Å². The van der Waals surface area contributed by atoms with Gasteiger partial charge in [0.1, 0.15) is 18.7 Å². The third-order valence-corrected chi connectivity index (χ3v) is 2.73. The van der Waals surface area contributed by atoms with Crippen LogP contribution in [0.5, 0.6) is 0 Å². The normalized spacial score (nSPS) is 15.2. The summed E-state index contributed by atoms with van der Waals surface area (Å²) in [7, 11) is 2.18. The molecule has 0 radical (unpaired) electrons. The molecule has 9 nitrogen and oxygen atoms in total. The number of nitrogens with zero attached hydrogens (tertiary/aromatic N) is 2. The van der Waals surface area contributed by atoms with Crippen LogP contribution in [0.15, 0.2) is 11.6 Å². The van der Waals surface area contributed by atoms with E-state index in [1.54, 1.807) is 0 Å². The lowest BCUT2D eigenvalue weighted by Gasteiger charge is -2.32. The van der Waals surface area contributed by atoms with Gasteiger partial charge < -0.3 is 9.47 Å². The van der Waals surface area contributed by atoms with Crippen molar-refractivity contribution < 1.29 is 33.4 Å². The molecule has 1 fully saturated rings. The predicted molar refractivity (Wildman–Crippen MR) is 66.6 cm³/mol. The smallest absolute Gasteiger partial charge is 0.335 e. The molecule has 0 aromatic heterocycles. The monoisotopic (exact) mass is 298 g/mol. The second kappa shape index (κ2) is 6.64. The van der Waals surface area contributed by atoms with Crippen LogP contribution in [0.25, 0.3) is 0 Å². The van der Waals surface area contributed by atoms with Gasteiger partial charge in [-0.15, -0.1) is 0 Å². The highest BCUT2D eigenvalue weighted by Crippen LogP contribution is 2.17. The van der Waals surface area contributed by atoms with Gasteiger partial charge in [-0.2, -0.15) is 0 Å². The zero-order valence-corrected chi connectivity index (χ0v) is 11.7. The van der Waals surface area contributed by atoms with Gasteiger partial charge >= 0.3 is 18.0 Å². The zero-order valence-electron chi connectivity index (χ0n) is 11.7.